The summed E-state index contributed by atoms with van der Waals surface area (Å²) >= 11 is 0. The van der Waals surface area contributed by atoms with Gasteiger partial charge in [-0.05, 0) is 44.0 Å². The predicted molar refractivity (Wildman–Crippen MR) is 119 cm³/mol. The standard InChI is InChI=1S/C24H37N3O3/c1-5-7-8-9-14-23(28)27(20(3)6-2)19-24(29)26(18-22-13-11-16-30-22)17-21-12-10-15-25(21)4/h10-13,15-16,20H,5-9,14,17-19H2,1-4H3/t20-/m1/s1. The Kier molecular flexibility index (Phi) is 9.71. The van der Waals surface area contributed by atoms with E-state index in [1.54, 1.807) is 16.1 Å². The Hall–Kier alpha value is -2.50. The van der Waals surface area contributed by atoms with Gasteiger partial charge in [-0.3, -0.25) is 9.59 Å². The summed E-state index contributed by atoms with van der Waals surface area (Å²) in [6.45, 7) is 7.19. The molecule has 0 saturated carbocycles. The smallest absolute Gasteiger partial charge is 0.242 e. The fourth-order valence-electron chi connectivity index (χ4n) is 3.48. The molecule has 0 aliphatic heterocycles. The van der Waals surface area contributed by atoms with Crippen LogP contribution in [0.5, 0.6) is 0 Å². The van der Waals surface area contributed by atoms with E-state index in [1.807, 2.05) is 49.0 Å². The van der Waals surface area contributed by atoms with Crippen molar-refractivity contribution in [1.29, 1.82) is 0 Å². The Morgan fingerprint density at radius 3 is 2.47 bits per heavy atom. The number of aryl methyl sites for hydroxylation is 1. The maximum absolute atomic E-state index is 13.3. The summed E-state index contributed by atoms with van der Waals surface area (Å²) in [4.78, 5) is 29.7. The number of unbranched alkanes of at least 4 members (excludes halogenated alkanes) is 3. The first kappa shape index (κ1) is 23.8. The van der Waals surface area contributed by atoms with E-state index in [0.717, 1.165) is 43.6 Å². The van der Waals surface area contributed by atoms with Crippen molar-refractivity contribution in [2.24, 2.45) is 7.05 Å². The summed E-state index contributed by atoms with van der Waals surface area (Å²) in [6, 6.07) is 7.71. The molecule has 6 nitrogen and oxygen atoms in total. The minimum absolute atomic E-state index is 0.0353. The molecule has 2 heterocycles. The van der Waals surface area contributed by atoms with Crippen molar-refractivity contribution in [3.8, 4) is 0 Å². The summed E-state index contributed by atoms with van der Waals surface area (Å²) in [7, 11) is 1.97. The Labute approximate surface area is 180 Å². The lowest BCUT2D eigenvalue weighted by Crippen LogP contribution is -2.46. The van der Waals surface area contributed by atoms with Crippen molar-refractivity contribution in [2.75, 3.05) is 6.54 Å². The number of amides is 2. The van der Waals surface area contributed by atoms with Gasteiger partial charge in [0.1, 0.15) is 12.3 Å². The molecule has 30 heavy (non-hydrogen) atoms. The number of furan rings is 1. The average Bonchev–Trinajstić information content (AvgIpc) is 3.40. The molecule has 0 unspecified atom stereocenters. The molecule has 1 atom stereocenters. The molecule has 166 valence electrons. The summed E-state index contributed by atoms with van der Waals surface area (Å²) in [5.74, 6) is 0.749. The molecule has 2 aromatic rings. The van der Waals surface area contributed by atoms with E-state index < -0.39 is 0 Å². The van der Waals surface area contributed by atoms with Gasteiger partial charge in [-0.15, -0.1) is 0 Å². The molecule has 0 aliphatic rings. The zero-order valence-electron chi connectivity index (χ0n) is 19.0. The number of rotatable bonds is 13. The number of hydrogen-bond acceptors (Lipinski definition) is 3. The lowest BCUT2D eigenvalue weighted by molar-refractivity contribution is -0.143. The van der Waals surface area contributed by atoms with Gasteiger partial charge in [0.05, 0.1) is 19.4 Å². The van der Waals surface area contributed by atoms with Crippen LogP contribution < -0.4 is 0 Å². The van der Waals surface area contributed by atoms with E-state index in [1.165, 1.54) is 0 Å². The van der Waals surface area contributed by atoms with Gasteiger partial charge in [0.2, 0.25) is 11.8 Å². The van der Waals surface area contributed by atoms with Gasteiger partial charge < -0.3 is 18.8 Å². The average molecular weight is 416 g/mol. The van der Waals surface area contributed by atoms with Crippen LogP contribution in [0.4, 0.5) is 0 Å². The largest absolute Gasteiger partial charge is 0.467 e. The van der Waals surface area contributed by atoms with Crippen LogP contribution in [0.3, 0.4) is 0 Å². The van der Waals surface area contributed by atoms with Gasteiger partial charge in [0.15, 0.2) is 0 Å². The Morgan fingerprint density at radius 2 is 1.87 bits per heavy atom. The summed E-state index contributed by atoms with van der Waals surface area (Å²) < 4.78 is 7.49. The Balaban J connectivity index is 2.10. The monoisotopic (exact) mass is 415 g/mol. The third-order valence-electron chi connectivity index (χ3n) is 5.68. The van der Waals surface area contributed by atoms with E-state index in [-0.39, 0.29) is 24.4 Å². The molecular formula is C24H37N3O3. The molecule has 0 spiro atoms. The number of hydrogen-bond donors (Lipinski definition) is 0. The highest BCUT2D eigenvalue weighted by Gasteiger charge is 2.25. The van der Waals surface area contributed by atoms with Crippen LogP contribution in [0.15, 0.2) is 41.1 Å². The second kappa shape index (κ2) is 12.3. The van der Waals surface area contributed by atoms with E-state index >= 15 is 0 Å². The molecule has 0 fully saturated rings. The zero-order valence-corrected chi connectivity index (χ0v) is 19.0. The molecular weight excluding hydrogens is 378 g/mol. The molecule has 0 aliphatic carbocycles. The molecule has 0 N–H and O–H groups in total. The minimum Gasteiger partial charge on any atom is -0.467 e. The molecule has 0 radical (unpaired) electrons. The van der Waals surface area contributed by atoms with Crippen LogP contribution in [0.2, 0.25) is 0 Å². The maximum Gasteiger partial charge on any atom is 0.242 e. The molecule has 0 bridgehead atoms. The van der Waals surface area contributed by atoms with Gasteiger partial charge in [0, 0.05) is 31.4 Å². The second-order valence-corrected chi connectivity index (χ2v) is 8.03. The zero-order chi connectivity index (χ0) is 21.9. The molecule has 0 aromatic carbocycles. The fraction of sp³-hybridized carbons (Fsp3) is 0.583. The highest BCUT2D eigenvalue weighted by molar-refractivity contribution is 5.85. The highest BCUT2D eigenvalue weighted by Crippen LogP contribution is 2.15. The summed E-state index contributed by atoms with van der Waals surface area (Å²) in [6.07, 6.45) is 9.14. The van der Waals surface area contributed by atoms with Gasteiger partial charge in [-0.2, -0.15) is 0 Å². The number of carbonyl (C=O) groups is 2. The van der Waals surface area contributed by atoms with Crippen molar-refractivity contribution in [1.82, 2.24) is 14.4 Å². The first-order chi connectivity index (χ1) is 14.5. The van der Waals surface area contributed by atoms with Crippen LogP contribution >= 0.6 is 0 Å². The number of nitrogens with zero attached hydrogens (tertiary/aromatic N) is 3. The molecule has 6 heteroatoms. The minimum atomic E-state index is -0.0604. The van der Waals surface area contributed by atoms with Gasteiger partial charge >= 0.3 is 0 Å². The molecule has 2 amide bonds. The normalized spacial score (nSPS) is 12.0. The van der Waals surface area contributed by atoms with Crippen molar-refractivity contribution < 1.29 is 14.0 Å². The third-order valence-corrected chi connectivity index (χ3v) is 5.68. The second-order valence-electron chi connectivity index (χ2n) is 8.03. The van der Waals surface area contributed by atoms with Gasteiger partial charge in [-0.1, -0.05) is 33.1 Å². The van der Waals surface area contributed by atoms with Crippen LogP contribution in [-0.2, 0) is 29.7 Å². The maximum atomic E-state index is 13.3. The van der Waals surface area contributed by atoms with Crippen LogP contribution in [-0.4, -0.2) is 38.8 Å². The van der Waals surface area contributed by atoms with Crippen molar-refractivity contribution in [3.63, 3.8) is 0 Å². The van der Waals surface area contributed by atoms with Crippen molar-refractivity contribution in [3.05, 3.63) is 48.2 Å². The first-order valence-corrected chi connectivity index (χ1v) is 11.2. The molecule has 2 rings (SSSR count). The number of carbonyl (C=O) groups excluding carboxylic acids is 2. The highest BCUT2D eigenvalue weighted by atomic mass is 16.3. The van der Waals surface area contributed by atoms with Crippen LogP contribution in [0.25, 0.3) is 0 Å². The lowest BCUT2D eigenvalue weighted by Gasteiger charge is -2.31. The summed E-state index contributed by atoms with van der Waals surface area (Å²) in [5.41, 5.74) is 1.04. The topological polar surface area (TPSA) is 58.7 Å². The fourth-order valence-corrected chi connectivity index (χ4v) is 3.48. The van der Waals surface area contributed by atoms with Crippen LogP contribution in [0.1, 0.15) is 70.8 Å². The van der Waals surface area contributed by atoms with E-state index in [2.05, 4.69) is 13.8 Å². The third kappa shape index (κ3) is 7.08. The van der Waals surface area contributed by atoms with Crippen molar-refractivity contribution in [2.45, 2.75) is 78.4 Å². The Morgan fingerprint density at radius 1 is 1.07 bits per heavy atom. The molecule has 0 saturated heterocycles. The van der Waals surface area contributed by atoms with Gasteiger partial charge in [0.25, 0.3) is 0 Å². The quantitative estimate of drug-likeness (QED) is 0.444. The predicted octanol–water partition coefficient (Wildman–Crippen LogP) is 4.74. The van der Waals surface area contributed by atoms with Gasteiger partial charge in [-0.25, -0.2) is 0 Å². The first-order valence-electron chi connectivity index (χ1n) is 11.2. The summed E-state index contributed by atoms with van der Waals surface area (Å²) in [5, 5.41) is 0. The lowest BCUT2D eigenvalue weighted by atomic mass is 10.1. The Bertz CT molecular complexity index is 767. The van der Waals surface area contributed by atoms with E-state index in [9.17, 15) is 9.59 Å². The van der Waals surface area contributed by atoms with Crippen LogP contribution in [0, 0.1) is 0 Å². The molecule has 2 aromatic heterocycles. The SMILES string of the molecule is CCCCCCC(=O)N(CC(=O)N(Cc1ccco1)Cc1cccn1C)[C@H](C)CC. The van der Waals surface area contributed by atoms with E-state index in [0.29, 0.717) is 19.5 Å². The number of aromatic nitrogens is 1. The van der Waals surface area contributed by atoms with Crippen molar-refractivity contribution >= 4 is 11.8 Å². The van der Waals surface area contributed by atoms with E-state index in [4.69, 9.17) is 4.42 Å².